The van der Waals surface area contributed by atoms with Crippen LogP contribution in [0.4, 0.5) is 0 Å². The first kappa shape index (κ1) is 14.5. The maximum Gasteiger partial charge on any atom is 0.137 e. The number of hydrogen-bond acceptors (Lipinski definition) is 3. The van der Waals surface area contributed by atoms with E-state index in [1.807, 2.05) is 0 Å². The van der Waals surface area contributed by atoms with Gasteiger partial charge in [-0.1, -0.05) is 19.9 Å². The van der Waals surface area contributed by atoms with E-state index in [2.05, 4.69) is 52.4 Å². The van der Waals surface area contributed by atoms with Crippen LogP contribution in [0.5, 0.6) is 0 Å². The Morgan fingerprint density at radius 3 is 2.58 bits per heavy atom. The van der Waals surface area contributed by atoms with Crippen LogP contribution in [0.1, 0.15) is 41.0 Å². The molecule has 2 heterocycles. The Hall–Kier alpha value is -0.930. The molecule has 0 aromatic rings. The van der Waals surface area contributed by atoms with Crippen molar-refractivity contribution in [1.82, 2.24) is 0 Å². The molecule has 2 unspecified atom stereocenters. The molecule has 0 saturated carbocycles. The van der Waals surface area contributed by atoms with E-state index in [-0.39, 0.29) is 11.2 Å². The molecule has 2 aliphatic heterocycles. The number of rotatable bonds is 3. The van der Waals surface area contributed by atoms with E-state index < -0.39 is 0 Å². The largest absolute Gasteiger partial charge is 0.378 e. The fourth-order valence-electron chi connectivity index (χ4n) is 3.13. The molecule has 0 aromatic carbocycles. The highest BCUT2D eigenvalue weighted by molar-refractivity contribution is 5.51. The first-order valence-corrected chi connectivity index (χ1v) is 7.04. The second-order valence-corrected chi connectivity index (χ2v) is 6.01. The zero-order valence-corrected chi connectivity index (χ0v) is 12.7. The monoisotopic (exact) mass is 263 g/mol. The molecule has 0 amide bonds. The summed E-state index contributed by atoms with van der Waals surface area (Å²) in [5.41, 5.74) is 2.70. The molecule has 106 valence electrons. The predicted octanol–water partition coefficient (Wildman–Crippen LogP) is 3.51. The number of aliphatic imine (C=N–C) groups is 1. The van der Waals surface area contributed by atoms with Crippen molar-refractivity contribution in [3.05, 3.63) is 22.9 Å². The van der Waals surface area contributed by atoms with Crippen molar-refractivity contribution in [3.8, 4) is 0 Å². The van der Waals surface area contributed by atoms with E-state index in [9.17, 15) is 0 Å². The van der Waals surface area contributed by atoms with Gasteiger partial charge in [-0.25, -0.2) is 0 Å². The predicted molar refractivity (Wildman–Crippen MR) is 78.5 cm³/mol. The number of hydrogen-bond donors (Lipinski definition) is 0. The van der Waals surface area contributed by atoms with Crippen molar-refractivity contribution in [3.63, 3.8) is 0 Å². The van der Waals surface area contributed by atoms with Crippen molar-refractivity contribution in [2.45, 2.75) is 52.2 Å². The minimum absolute atomic E-state index is 0.319. The van der Waals surface area contributed by atoms with Crippen molar-refractivity contribution >= 4 is 6.72 Å². The summed E-state index contributed by atoms with van der Waals surface area (Å²) in [5.74, 6) is 0.370. The summed E-state index contributed by atoms with van der Waals surface area (Å²) < 4.78 is 12.1. The molecule has 3 heteroatoms. The normalized spacial score (nSPS) is 35.8. The Kier molecular flexibility index (Phi) is 3.72. The topological polar surface area (TPSA) is 30.8 Å². The van der Waals surface area contributed by atoms with Gasteiger partial charge in [0.2, 0.25) is 0 Å². The molecule has 2 aliphatic rings. The van der Waals surface area contributed by atoms with Crippen LogP contribution in [0.3, 0.4) is 0 Å². The van der Waals surface area contributed by atoms with Gasteiger partial charge >= 0.3 is 0 Å². The maximum absolute atomic E-state index is 6.52. The van der Waals surface area contributed by atoms with E-state index in [1.54, 1.807) is 0 Å². The minimum atomic E-state index is -0.389. The average Bonchev–Trinajstić information content (AvgIpc) is 2.92. The van der Waals surface area contributed by atoms with E-state index in [1.165, 1.54) is 11.1 Å². The molecule has 1 spiro atoms. The quantitative estimate of drug-likeness (QED) is 0.729. The number of nitrogens with zero attached hydrogens (tertiary/aromatic N) is 1. The molecule has 2 rings (SSSR count). The lowest BCUT2D eigenvalue weighted by Crippen LogP contribution is -2.41. The van der Waals surface area contributed by atoms with Crippen LogP contribution in [0.15, 0.2) is 27.9 Å². The minimum Gasteiger partial charge on any atom is -0.378 e. The van der Waals surface area contributed by atoms with Crippen molar-refractivity contribution in [1.29, 1.82) is 0 Å². The average molecular weight is 263 g/mol. The Morgan fingerprint density at radius 2 is 2.16 bits per heavy atom. The lowest BCUT2D eigenvalue weighted by atomic mass is 9.80. The van der Waals surface area contributed by atoms with Crippen LogP contribution in [0.2, 0.25) is 0 Å². The fourth-order valence-corrected chi connectivity index (χ4v) is 3.13. The summed E-state index contributed by atoms with van der Waals surface area (Å²) in [6.07, 6.45) is 2.99. The van der Waals surface area contributed by atoms with Crippen LogP contribution < -0.4 is 0 Å². The highest BCUT2D eigenvalue weighted by atomic mass is 16.6. The third-order valence-corrected chi connectivity index (χ3v) is 4.64. The maximum atomic E-state index is 6.52. The van der Waals surface area contributed by atoms with Gasteiger partial charge in [-0.3, -0.25) is 4.99 Å². The molecule has 3 nitrogen and oxygen atoms in total. The molecule has 0 aliphatic carbocycles. The van der Waals surface area contributed by atoms with Crippen molar-refractivity contribution in [2.75, 3.05) is 13.2 Å². The van der Waals surface area contributed by atoms with Gasteiger partial charge in [0.15, 0.2) is 0 Å². The zero-order chi connectivity index (χ0) is 14.3. The van der Waals surface area contributed by atoms with Gasteiger partial charge in [0, 0.05) is 18.6 Å². The highest BCUT2D eigenvalue weighted by Gasteiger charge is 2.56. The number of ether oxygens (including phenoxy) is 2. The van der Waals surface area contributed by atoms with Gasteiger partial charge in [0.05, 0.1) is 17.9 Å². The fraction of sp³-hybridized carbons (Fsp3) is 0.688. The Labute approximate surface area is 116 Å². The van der Waals surface area contributed by atoms with E-state index >= 15 is 0 Å². The van der Waals surface area contributed by atoms with Crippen LogP contribution in [0, 0.1) is 5.92 Å². The first-order valence-electron chi connectivity index (χ1n) is 7.04. The first-order chi connectivity index (χ1) is 8.91. The van der Waals surface area contributed by atoms with Crippen molar-refractivity contribution in [2.24, 2.45) is 10.9 Å². The van der Waals surface area contributed by atoms with Crippen LogP contribution in [0.25, 0.3) is 0 Å². The smallest absolute Gasteiger partial charge is 0.137 e. The zero-order valence-electron chi connectivity index (χ0n) is 12.7. The van der Waals surface area contributed by atoms with Crippen LogP contribution >= 0.6 is 0 Å². The van der Waals surface area contributed by atoms with Gasteiger partial charge in [-0.2, -0.15) is 0 Å². The SMILES string of the molecule is C=NC1=C(/C(C)=C\C)C(C)(C(C)C)OC12CCOC2. The van der Waals surface area contributed by atoms with Gasteiger partial charge in [0.25, 0.3) is 0 Å². The number of allylic oxidation sites excluding steroid dienone is 1. The van der Waals surface area contributed by atoms with Crippen LogP contribution in [-0.4, -0.2) is 31.1 Å². The Balaban J connectivity index is 2.63. The lowest BCUT2D eigenvalue weighted by Gasteiger charge is -2.35. The third-order valence-electron chi connectivity index (χ3n) is 4.64. The summed E-state index contributed by atoms with van der Waals surface area (Å²) in [7, 11) is 0. The third kappa shape index (κ3) is 2.00. The summed E-state index contributed by atoms with van der Waals surface area (Å²) >= 11 is 0. The summed E-state index contributed by atoms with van der Waals surface area (Å²) in [5, 5.41) is 0. The Bertz CT molecular complexity index is 442. The van der Waals surface area contributed by atoms with E-state index in [0.29, 0.717) is 12.5 Å². The standard InChI is InChI=1S/C16H25NO2/c1-7-12(4)13-14(17-6)16(8-9-18-10-16)19-15(13,5)11(2)3/h7,11H,6,8-10H2,1-5H3/b12-7-. The molecule has 19 heavy (non-hydrogen) atoms. The Morgan fingerprint density at radius 1 is 1.47 bits per heavy atom. The highest BCUT2D eigenvalue weighted by Crippen LogP contribution is 2.52. The lowest BCUT2D eigenvalue weighted by molar-refractivity contribution is -0.108. The molecule has 1 fully saturated rings. The van der Waals surface area contributed by atoms with Gasteiger partial charge in [0.1, 0.15) is 5.60 Å². The van der Waals surface area contributed by atoms with E-state index in [0.717, 1.165) is 18.7 Å². The molecule has 0 aromatic heterocycles. The second-order valence-electron chi connectivity index (χ2n) is 6.01. The molecule has 0 radical (unpaired) electrons. The van der Waals surface area contributed by atoms with Crippen LogP contribution in [-0.2, 0) is 9.47 Å². The molecular formula is C16H25NO2. The molecule has 0 bridgehead atoms. The van der Waals surface area contributed by atoms with Gasteiger partial charge < -0.3 is 9.47 Å². The summed E-state index contributed by atoms with van der Waals surface area (Å²) in [6.45, 7) is 15.8. The molecular weight excluding hydrogens is 238 g/mol. The van der Waals surface area contributed by atoms with Gasteiger partial charge in [-0.05, 0) is 39.0 Å². The molecule has 0 N–H and O–H groups in total. The second kappa shape index (κ2) is 4.88. The molecule has 2 atom stereocenters. The molecule has 1 saturated heterocycles. The summed E-state index contributed by atoms with van der Waals surface area (Å²) in [6, 6.07) is 0. The summed E-state index contributed by atoms with van der Waals surface area (Å²) in [4.78, 5) is 4.33. The van der Waals surface area contributed by atoms with E-state index in [4.69, 9.17) is 9.47 Å². The van der Waals surface area contributed by atoms with Crippen molar-refractivity contribution < 1.29 is 9.47 Å². The van der Waals surface area contributed by atoms with Gasteiger partial charge in [-0.15, -0.1) is 0 Å².